The van der Waals surface area contributed by atoms with Crippen LogP contribution in [0.25, 0.3) is 0 Å². The summed E-state index contributed by atoms with van der Waals surface area (Å²) in [4.78, 5) is 11.2. The number of rotatable bonds is 3. The van der Waals surface area contributed by atoms with Gasteiger partial charge in [-0.3, -0.25) is 4.79 Å². The minimum absolute atomic E-state index is 0.0433. The molecule has 4 rings (SSSR count). The summed E-state index contributed by atoms with van der Waals surface area (Å²) in [5.41, 5.74) is 5.79. The third-order valence-corrected chi connectivity index (χ3v) is 6.66. The molecule has 2 aromatic carbocycles. The van der Waals surface area contributed by atoms with Crippen LogP contribution in [0.2, 0.25) is 0 Å². The molecule has 2 aliphatic rings. The van der Waals surface area contributed by atoms with Crippen LogP contribution in [0.15, 0.2) is 35.4 Å². The Morgan fingerprint density at radius 1 is 1.23 bits per heavy atom. The normalized spacial score (nSPS) is 22.7. The van der Waals surface area contributed by atoms with E-state index >= 15 is 0 Å². The lowest BCUT2D eigenvalue weighted by molar-refractivity contribution is -0.134. The minimum Gasteiger partial charge on any atom is -0.493 e. The predicted octanol–water partition coefficient (Wildman–Crippen LogP) is 3.71. The number of halogens is 4. The van der Waals surface area contributed by atoms with Crippen molar-refractivity contribution in [3.05, 3.63) is 64.7 Å². The number of hydrazone groups is 1. The molecule has 30 heavy (non-hydrogen) atoms. The van der Waals surface area contributed by atoms with E-state index in [1.165, 1.54) is 6.92 Å². The fourth-order valence-electron chi connectivity index (χ4n) is 3.81. The van der Waals surface area contributed by atoms with Crippen molar-refractivity contribution in [1.82, 2.24) is 5.01 Å². The van der Waals surface area contributed by atoms with Gasteiger partial charge in [0.15, 0.2) is 16.5 Å². The molecule has 0 unspecified atom stereocenters. The molecule has 10 heteroatoms. The zero-order chi connectivity index (χ0) is 21.6. The van der Waals surface area contributed by atoms with E-state index in [-0.39, 0.29) is 35.1 Å². The van der Waals surface area contributed by atoms with Crippen molar-refractivity contribution < 1.29 is 27.1 Å². The van der Waals surface area contributed by atoms with Gasteiger partial charge in [-0.25, -0.2) is 22.6 Å². The molecule has 0 saturated heterocycles. The number of fused-ring (bicyclic) bond motifs is 2. The Labute approximate surface area is 173 Å². The van der Waals surface area contributed by atoms with Gasteiger partial charge in [-0.2, -0.15) is 5.10 Å². The van der Waals surface area contributed by atoms with E-state index in [2.05, 4.69) is 5.10 Å². The maximum Gasteiger partial charge on any atom is 0.241 e. The number of thioether (sulfide) groups is 1. The van der Waals surface area contributed by atoms with Crippen LogP contribution in [0.3, 0.4) is 0 Å². The first-order chi connectivity index (χ1) is 14.3. The van der Waals surface area contributed by atoms with Gasteiger partial charge < -0.3 is 10.5 Å². The van der Waals surface area contributed by atoms with Crippen molar-refractivity contribution in [2.75, 3.05) is 13.2 Å². The van der Waals surface area contributed by atoms with Crippen LogP contribution >= 0.6 is 11.8 Å². The van der Waals surface area contributed by atoms with Gasteiger partial charge in [0.2, 0.25) is 5.91 Å². The second-order valence-corrected chi connectivity index (χ2v) is 8.22. The summed E-state index contributed by atoms with van der Waals surface area (Å²) in [6.07, 6.45) is 0.365. The number of ether oxygens (including phenoxy) is 1. The number of hydrogen-bond acceptors (Lipinski definition) is 5. The highest BCUT2D eigenvalue weighted by Crippen LogP contribution is 2.57. The highest BCUT2D eigenvalue weighted by Gasteiger charge is 2.56. The van der Waals surface area contributed by atoms with Crippen LogP contribution in [0.5, 0.6) is 5.75 Å². The summed E-state index contributed by atoms with van der Waals surface area (Å²) in [6.45, 7) is 1.54. The Kier molecular flexibility index (Phi) is 5.23. The average Bonchev–Trinajstić information content (AvgIpc) is 3.09. The van der Waals surface area contributed by atoms with Gasteiger partial charge >= 0.3 is 0 Å². The average molecular weight is 439 g/mol. The van der Waals surface area contributed by atoms with E-state index in [4.69, 9.17) is 10.5 Å². The molecule has 5 nitrogen and oxygen atoms in total. The quantitative estimate of drug-likeness (QED) is 0.741. The summed E-state index contributed by atoms with van der Waals surface area (Å²) in [7, 11) is 0. The third kappa shape index (κ3) is 3.14. The smallest absolute Gasteiger partial charge is 0.241 e. The van der Waals surface area contributed by atoms with E-state index in [9.17, 15) is 22.4 Å². The molecule has 1 amide bonds. The van der Waals surface area contributed by atoms with Crippen LogP contribution in [0.4, 0.5) is 17.6 Å². The Morgan fingerprint density at radius 2 is 1.97 bits per heavy atom. The summed E-state index contributed by atoms with van der Waals surface area (Å²) < 4.78 is 61.9. The summed E-state index contributed by atoms with van der Waals surface area (Å²) in [5, 5.41) is 5.42. The number of carbonyl (C=O) groups excluding carboxylic acids is 1. The number of amides is 1. The van der Waals surface area contributed by atoms with E-state index in [1.807, 2.05) is 0 Å². The molecule has 158 valence electrons. The van der Waals surface area contributed by atoms with E-state index < -0.39 is 40.0 Å². The molecule has 2 aliphatic heterocycles. The number of carbonyl (C=O) groups is 1. The van der Waals surface area contributed by atoms with Crippen LogP contribution in [0, 0.1) is 29.2 Å². The third-order valence-electron chi connectivity index (χ3n) is 5.13. The monoisotopic (exact) mass is 439 g/mol. The van der Waals surface area contributed by atoms with Gasteiger partial charge in [0.05, 0.1) is 6.61 Å². The molecule has 0 bridgehead atoms. The maximum atomic E-state index is 14.4. The van der Waals surface area contributed by atoms with Gasteiger partial charge in [-0.1, -0.05) is 11.8 Å². The van der Waals surface area contributed by atoms with Crippen LogP contribution in [-0.2, 0) is 9.67 Å². The topological polar surface area (TPSA) is 67.9 Å². The Hall–Kier alpha value is -2.59. The highest BCUT2D eigenvalue weighted by atomic mass is 32.2. The summed E-state index contributed by atoms with van der Waals surface area (Å²) in [5.74, 6) is -4.55. The van der Waals surface area contributed by atoms with Gasteiger partial charge in [0.1, 0.15) is 22.4 Å². The van der Waals surface area contributed by atoms with Gasteiger partial charge in [0, 0.05) is 30.0 Å². The number of nitrogens with two attached hydrogens (primary N) is 1. The van der Waals surface area contributed by atoms with Crippen molar-refractivity contribution in [1.29, 1.82) is 0 Å². The van der Waals surface area contributed by atoms with Crippen molar-refractivity contribution in [2.45, 2.75) is 18.2 Å². The van der Waals surface area contributed by atoms with Crippen LogP contribution < -0.4 is 10.5 Å². The van der Waals surface area contributed by atoms with E-state index in [0.29, 0.717) is 6.42 Å². The fourth-order valence-corrected chi connectivity index (χ4v) is 5.37. The molecule has 2 atom stereocenters. The fraction of sp³-hybridized carbons (Fsp3) is 0.300. The molecule has 0 aliphatic carbocycles. The largest absolute Gasteiger partial charge is 0.493 e. The van der Waals surface area contributed by atoms with Crippen molar-refractivity contribution in [3.63, 3.8) is 0 Å². The second-order valence-electron chi connectivity index (χ2n) is 7.01. The molecular formula is C20H17F4N3O2S. The second kappa shape index (κ2) is 7.59. The van der Waals surface area contributed by atoms with Crippen molar-refractivity contribution in [3.8, 4) is 5.75 Å². The lowest BCUT2D eigenvalue weighted by Gasteiger charge is -2.45. The molecule has 0 radical (unpaired) electrons. The number of benzene rings is 2. The lowest BCUT2D eigenvalue weighted by atomic mass is 9.86. The molecule has 0 aromatic heterocycles. The van der Waals surface area contributed by atoms with Gasteiger partial charge in [-0.15, -0.1) is 0 Å². The molecule has 0 fully saturated rings. The summed E-state index contributed by atoms with van der Waals surface area (Å²) >= 11 is 0.975. The number of nitrogens with zero attached hydrogens (tertiary/aromatic N) is 2. The Morgan fingerprint density at radius 3 is 2.67 bits per heavy atom. The van der Waals surface area contributed by atoms with E-state index in [1.54, 1.807) is 0 Å². The van der Waals surface area contributed by atoms with Gasteiger partial charge in [-0.05, 0) is 37.2 Å². The first-order valence-electron chi connectivity index (χ1n) is 9.14. The van der Waals surface area contributed by atoms with E-state index in [0.717, 1.165) is 47.1 Å². The van der Waals surface area contributed by atoms with Crippen LogP contribution in [-0.4, -0.2) is 29.1 Å². The standard InChI is InChI=1S/C20H17F4N3O2S/c1-10(28)27-20(30-19(26-27)13-6-12(21)2-3-15(13)22)11(4-5-25)9-29-18-8-17(24)16(23)7-14(18)20/h2-3,6-8,11H,4-5,9,25H2,1H3/t11-,20-/m0/s1. The number of hydrogen-bond donors (Lipinski definition) is 1. The summed E-state index contributed by atoms with van der Waals surface area (Å²) in [6, 6.07) is 4.77. The van der Waals surface area contributed by atoms with Gasteiger partial charge in [0.25, 0.3) is 0 Å². The first-order valence-corrected chi connectivity index (χ1v) is 9.95. The highest BCUT2D eigenvalue weighted by molar-refractivity contribution is 8.15. The maximum absolute atomic E-state index is 14.4. The zero-order valence-corrected chi connectivity index (χ0v) is 16.6. The Balaban J connectivity index is 1.93. The Bertz CT molecular complexity index is 1060. The van der Waals surface area contributed by atoms with Crippen molar-refractivity contribution in [2.24, 2.45) is 16.8 Å². The zero-order valence-electron chi connectivity index (χ0n) is 15.8. The molecular weight excluding hydrogens is 422 g/mol. The molecule has 2 heterocycles. The van der Waals surface area contributed by atoms with Crippen LogP contribution in [0.1, 0.15) is 24.5 Å². The molecule has 0 saturated carbocycles. The predicted molar refractivity (Wildman–Crippen MR) is 104 cm³/mol. The first kappa shape index (κ1) is 20.7. The molecule has 2 N–H and O–H groups in total. The SMILES string of the molecule is CC(=O)N1N=C(c2cc(F)ccc2F)S[C@@]12c1cc(F)c(F)cc1OC[C@@H]2CCN. The minimum atomic E-state index is -1.35. The van der Waals surface area contributed by atoms with Crippen molar-refractivity contribution >= 4 is 22.7 Å². The molecule has 2 aromatic rings. The lowest BCUT2D eigenvalue weighted by Crippen LogP contribution is -2.51. The molecule has 1 spiro atoms.